The molecule has 0 aromatic heterocycles. The van der Waals surface area contributed by atoms with Crippen molar-refractivity contribution in [1.82, 2.24) is 10.6 Å². The lowest BCUT2D eigenvalue weighted by Gasteiger charge is -2.10. The summed E-state index contributed by atoms with van der Waals surface area (Å²) in [4.78, 5) is 4.45. The highest BCUT2D eigenvalue weighted by molar-refractivity contribution is 9.10. The van der Waals surface area contributed by atoms with Gasteiger partial charge in [-0.15, -0.1) is 0 Å². The van der Waals surface area contributed by atoms with Crippen LogP contribution in [0.1, 0.15) is 25.3 Å². The Balaban J connectivity index is 2.00. The van der Waals surface area contributed by atoms with Crippen molar-refractivity contribution >= 4 is 21.9 Å². The van der Waals surface area contributed by atoms with Gasteiger partial charge in [0, 0.05) is 17.1 Å². The molecule has 1 aliphatic carbocycles. The van der Waals surface area contributed by atoms with Crippen LogP contribution < -0.4 is 10.6 Å². The summed E-state index contributed by atoms with van der Waals surface area (Å²) in [5.74, 6) is 0.565. The molecule has 18 heavy (non-hydrogen) atoms. The van der Waals surface area contributed by atoms with Crippen LogP contribution in [0.15, 0.2) is 27.7 Å². The summed E-state index contributed by atoms with van der Waals surface area (Å²) in [6, 6.07) is 5.39. The van der Waals surface area contributed by atoms with Crippen LogP contribution in [0.4, 0.5) is 4.39 Å². The van der Waals surface area contributed by atoms with Crippen molar-refractivity contribution in [3.63, 3.8) is 0 Å². The third-order valence-electron chi connectivity index (χ3n) is 2.60. The molecule has 0 heterocycles. The van der Waals surface area contributed by atoms with Gasteiger partial charge in [-0.1, -0.05) is 15.9 Å². The number of nitrogens with zero attached hydrogens (tertiary/aromatic N) is 1. The number of halogens is 2. The molecule has 0 amide bonds. The van der Waals surface area contributed by atoms with Gasteiger partial charge in [-0.25, -0.2) is 9.38 Å². The maximum Gasteiger partial charge on any atom is 0.191 e. The van der Waals surface area contributed by atoms with E-state index in [1.807, 2.05) is 13.0 Å². The largest absolute Gasteiger partial charge is 0.357 e. The molecule has 0 spiro atoms. The molecule has 0 radical (unpaired) electrons. The van der Waals surface area contributed by atoms with Crippen LogP contribution in [-0.4, -0.2) is 18.5 Å². The fraction of sp³-hybridized carbons (Fsp3) is 0.462. The number of hydrogen-bond donors (Lipinski definition) is 2. The number of aliphatic imine (C=N–C) groups is 1. The minimum Gasteiger partial charge on any atom is -0.357 e. The molecule has 3 nitrogen and oxygen atoms in total. The zero-order valence-corrected chi connectivity index (χ0v) is 11.9. The molecule has 2 rings (SSSR count). The Labute approximate surface area is 115 Å². The topological polar surface area (TPSA) is 36.4 Å². The van der Waals surface area contributed by atoms with E-state index in [9.17, 15) is 4.39 Å². The first-order valence-corrected chi connectivity index (χ1v) is 6.96. The molecule has 0 bridgehead atoms. The maximum absolute atomic E-state index is 13.2. The highest BCUT2D eigenvalue weighted by atomic mass is 79.9. The number of guanidine groups is 1. The quantitative estimate of drug-likeness (QED) is 0.662. The van der Waals surface area contributed by atoms with Gasteiger partial charge >= 0.3 is 0 Å². The lowest BCUT2D eigenvalue weighted by molar-refractivity contribution is 0.624. The lowest BCUT2D eigenvalue weighted by Crippen LogP contribution is -2.38. The Morgan fingerprint density at radius 1 is 1.44 bits per heavy atom. The van der Waals surface area contributed by atoms with Gasteiger partial charge in [0.05, 0.1) is 6.54 Å². The first-order valence-electron chi connectivity index (χ1n) is 6.17. The second kappa shape index (κ2) is 6.18. The molecule has 1 aromatic rings. The summed E-state index contributed by atoms with van der Waals surface area (Å²) in [6.45, 7) is 3.33. The van der Waals surface area contributed by atoms with Crippen molar-refractivity contribution in [3.8, 4) is 0 Å². The van der Waals surface area contributed by atoms with E-state index in [0.717, 1.165) is 22.5 Å². The molecule has 1 saturated carbocycles. The summed E-state index contributed by atoms with van der Waals surface area (Å²) in [7, 11) is 0. The Kier molecular flexibility index (Phi) is 4.58. The number of hydrogen-bond acceptors (Lipinski definition) is 1. The lowest BCUT2D eigenvalue weighted by atomic mass is 10.2. The molecule has 0 saturated heterocycles. The van der Waals surface area contributed by atoms with E-state index >= 15 is 0 Å². The van der Waals surface area contributed by atoms with E-state index < -0.39 is 0 Å². The van der Waals surface area contributed by atoms with Gasteiger partial charge in [0.2, 0.25) is 0 Å². The zero-order valence-electron chi connectivity index (χ0n) is 10.3. The van der Waals surface area contributed by atoms with E-state index in [1.54, 1.807) is 0 Å². The van der Waals surface area contributed by atoms with Crippen LogP contribution in [0.25, 0.3) is 0 Å². The van der Waals surface area contributed by atoms with Gasteiger partial charge in [-0.05, 0) is 43.5 Å². The summed E-state index contributed by atoms with van der Waals surface area (Å²) in [6.07, 6.45) is 2.41. The van der Waals surface area contributed by atoms with E-state index in [1.165, 1.54) is 25.0 Å². The molecule has 1 fully saturated rings. The van der Waals surface area contributed by atoms with Crippen molar-refractivity contribution < 1.29 is 4.39 Å². The third-order valence-corrected chi connectivity index (χ3v) is 3.06. The average Bonchev–Trinajstić information content (AvgIpc) is 3.09. The first-order chi connectivity index (χ1) is 8.67. The van der Waals surface area contributed by atoms with E-state index in [-0.39, 0.29) is 5.82 Å². The normalized spacial score (nSPS) is 15.6. The molecular weight excluding hydrogens is 297 g/mol. The molecule has 0 aliphatic heterocycles. The van der Waals surface area contributed by atoms with Crippen LogP contribution in [0.2, 0.25) is 0 Å². The van der Waals surface area contributed by atoms with Crippen LogP contribution >= 0.6 is 15.9 Å². The van der Waals surface area contributed by atoms with E-state index in [4.69, 9.17) is 0 Å². The molecule has 1 aliphatic rings. The second-order valence-corrected chi connectivity index (χ2v) is 5.31. The molecule has 0 atom stereocenters. The fourth-order valence-corrected chi connectivity index (χ4v) is 2.13. The highest BCUT2D eigenvalue weighted by Crippen LogP contribution is 2.18. The van der Waals surface area contributed by atoms with Crippen molar-refractivity contribution in [2.24, 2.45) is 4.99 Å². The van der Waals surface area contributed by atoms with Crippen molar-refractivity contribution in [3.05, 3.63) is 34.1 Å². The summed E-state index contributed by atoms with van der Waals surface area (Å²) in [5, 5.41) is 6.51. The minimum absolute atomic E-state index is 0.241. The van der Waals surface area contributed by atoms with Gasteiger partial charge in [-0.2, -0.15) is 0 Å². The summed E-state index contributed by atoms with van der Waals surface area (Å²) < 4.78 is 14.0. The molecule has 1 aromatic carbocycles. The zero-order chi connectivity index (χ0) is 13.0. The average molecular weight is 314 g/mol. The maximum atomic E-state index is 13.2. The van der Waals surface area contributed by atoms with Gasteiger partial charge in [-0.3, -0.25) is 0 Å². The third kappa shape index (κ3) is 4.29. The Morgan fingerprint density at radius 2 is 2.22 bits per heavy atom. The molecule has 5 heteroatoms. The van der Waals surface area contributed by atoms with Crippen LogP contribution in [0.3, 0.4) is 0 Å². The van der Waals surface area contributed by atoms with Gasteiger partial charge in [0.15, 0.2) is 5.96 Å². The predicted octanol–water partition coefficient (Wildman–Crippen LogP) is 2.81. The van der Waals surface area contributed by atoms with Gasteiger partial charge in [0.25, 0.3) is 0 Å². The smallest absolute Gasteiger partial charge is 0.191 e. The Bertz CT molecular complexity index is 424. The van der Waals surface area contributed by atoms with Crippen molar-refractivity contribution in [2.75, 3.05) is 6.54 Å². The number of benzene rings is 1. The molecular formula is C13H17BrFN3. The minimum atomic E-state index is -0.241. The summed E-state index contributed by atoms with van der Waals surface area (Å²) in [5.41, 5.74) is 0.856. The first kappa shape index (κ1) is 13.3. The van der Waals surface area contributed by atoms with Gasteiger partial charge < -0.3 is 10.6 Å². The van der Waals surface area contributed by atoms with Crippen molar-refractivity contribution in [2.45, 2.75) is 32.4 Å². The SMILES string of the molecule is CCNC(=NCc1cc(F)cc(Br)c1)NC1CC1. The monoisotopic (exact) mass is 313 g/mol. The Morgan fingerprint density at radius 3 is 2.83 bits per heavy atom. The number of rotatable bonds is 4. The molecule has 0 unspecified atom stereocenters. The Hall–Kier alpha value is -1.10. The van der Waals surface area contributed by atoms with Crippen LogP contribution in [-0.2, 0) is 6.54 Å². The number of nitrogens with one attached hydrogen (secondary N) is 2. The predicted molar refractivity (Wildman–Crippen MR) is 75.1 cm³/mol. The van der Waals surface area contributed by atoms with Gasteiger partial charge in [0.1, 0.15) is 5.82 Å². The molecule has 2 N–H and O–H groups in total. The molecule has 98 valence electrons. The van der Waals surface area contributed by atoms with E-state index in [0.29, 0.717) is 12.6 Å². The second-order valence-electron chi connectivity index (χ2n) is 4.39. The van der Waals surface area contributed by atoms with Crippen molar-refractivity contribution in [1.29, 1.82) is 0 Å². The summed E-state index contributed by atoms with van der Waals surface area (Å²) >= 11 is 3.28. The fourth-order valence-electron chi connectivity index (χ4n) is 1.61. The van der Waals surface area contributed by atoms with Crippen LogP contribution in [0, 0.1) is 5.82 Å². The van der Waals surface area contributed by atoms with Crippen LogP contribution in [0.5, 0.6) is 0 Å². The standard InChI is InChI=1S/C13H17BrFN3/c1-2-16-13(18-12-3-4-12)17-8-9-5-10(14)7-11(15)6-9/h5-7,12H,2-4,8H2,1H3,(H2,16,17,18). The highest BCUT2D eigenvalue weighted by Gasteiger charge is 2.21. The van der Waals surface area contributed by atoms with E-state index in [2.05, 4.69) is 31.6 Å².